The van der Waals surface area contributed by atoms with Crippen LogP contribution in [0.15, 0.2) is 85.1 Å². The number of para-hydroxylation sites is 1. The highest BCUT2D eigenvalue weighted by molar-refractivity contribution is 7.85. The molecule has 1 aliphatic heterocycles. The van der Waals surface area contributed by atoms with Gasteiger partial charge in [0.05, 0.1) is 40.8 Å². The van der Waals surface area contributed by atoms with Gasteiger partial charge in [0.2, 0.25) is 17.7 Å². The van der Waals surface area contributed by atoms with Crippen LogP contribution in [0.2, 0.25) is 0 Å². The fourth-order valence-corrected chi connectivity index (χ4v) is 17.1. The van der Waals surface area contributed by atoms with Gasteiger partial charge in [-0.25, -0.2) is 24.4 Å². The van der Waals surface area contributed by atoms with Crippen molar-refractivity contribution in [3.05, 3.63) is 119 Å². The average Bonchev–Trinajstić information content (AvgIpc) is 0.711. The van der Waals surface area contributed by atoms with Crippen LogP contribution < -0.4 is 43.0 Å². The number of aromatic carboxylic acids is 1. The Morgan fingerprint density at radius 1 is 0.825 bits per heavy atom. The highest BCUT2D eigenvalue weighted by Crippen LogP contribution is 2.72. The van der Waals surface area contributed by atoms with E-state index in [0.717, 1.165) is 59.1 Å². The maximum absolute atomic E-state index is 13.8. The molecule has 5 atom stereocenters. The number of ether oxygens (including phenoxy) is 2. The van der Waals surface area contributed by atoms with E-state index in [4.69, 9.17) is 31.0 Å². The number of hydrogen-bond donors (Lipinski definition) is 10. The first-order chi connectivity index (χ1) is 45.9. The summed E-state index contributed by atoms with van der Waals surface area (Å²) in [5, 5.41) is 39.0. The molecule has 4 aliphatic carbocycles. The highest BCUT2D eigenvalue weighted by atomic mass is 32.2. The van der Waals surface area contributed by atoms with Crippen LogP contribution >= 0.6 is 11.3 Å². The van der Waals surface area contributed by atoms with E-state index in [9.17, 15) is 61.5 Å². The van der Waals surface area contributed by atoms with Gasteiger partial charge < -0.3 is 62.2 Å². The van der Waals surface area contributed by atoms with Crippen LogP contribution in [0.1, 0.15) is 129 Å². The minimum absolute atomic E-state index is 0.00168. The lowest BCUT2D eigenvalue weighted by atomic mass is 9.39. The van der Waals surface area contributed by atoms with Crippen LogP contribution in [-0.4, -0.2) is 158 Å². The van der Waals surface area contributed by atoms with E-state index in [1.165, 1.54) is 16.2 Å². The van der Waals surface area contributed by atoms with Gasteiger partial charge >= 0.3 is 24.1 Å². The number of hydrogen-bond acceptors (Lipinski definition) is 18. The number of anilines is 3. The van der Waals surface area contributed by atoms with Crippen molar-refractivity contribution in [3.63, 3.8) is 0 Å². The van der Waals surface area contributed by atoms with Crippen molar-refractivity contribution in [2.75, 3.05) is 54.1 Å². The lowest BCUT2D eigenvalue weighted by molar-refractivity contribution is -0.248. The van der Waals surface area contributed by atoms with Crippen molar-refractivity contribution >= 4 is 96.0 Å². The van der Waals surface area contributed by atoms with Crippen LogP contribution in [0.5, 0.6) is 0 Å². The van der Waals surface area contributed by atoms with Crippen molar-refractivity contribution in [2.45, 2.75) is 142 Å². The van der Waals surface area contributed by atoms with E-state index in [0.29, 0.717) is 65.7 Å². The minimum atomic E-state index is -4.62. The van der Waals surface area contributed by atoms with Crippen LogP contribution in [0, 0.1) is 29.1 Å². The number of carboxylic acids is 2. The molecule has 4 heterocycles. The molecule has 12 N–H and O–H groups in total. The monoisotopic (exact) mass is 1370 g/mol. The third-order valence-corrected chi connectivity index (χ3v) is 20.5. The zero-order valence-corrected chi connectivity index (χ0v) is 56.4. The number of amides is 7. The molecule has 5 unspecified atom stereocenters. The summed E-state index contributed by atoms with van der Waals surface area (Å²) in [6.45, 7) is 11.0. The molecule has 4 fully saturated rings. The molecule has 3 aromatic heterocycles. The predicted molar refractivity (Wildman–Crippen MR) is 360 cm³/mol. The number of nitrogens with two attached hydrogens (primary N) is 2. The number of benzene rings is 3. The molecule has 0 saturated heterocycles. The largest absolute Gasteiger partial charge is 0.481 e. The Balaban J connectivity index is 0.763. The summed E-state index contributed by atoms with van der Waals surface area (Å²) in [5.41, 5.74) is 15.6. The number of pyridine rings is 1. The maximum Gasteiger partial charge on any atom is 0.410 e. The zero-order valence-electron chi connectivity index (χ0n) is 54.7. The fraction of sp³-hybridized carbons (Fsp3) is 0.478. The number of carbonyl (C=O) groups is 8. The highest BCUT2D eigenvalue weighted by Gasteiger charge is 2.66. The SMILES string of the molecule is Cc1c(-c2ccc(N3CCc4cccc(C(=O)Nc5nc6ccccc6s5)c4C3)nc2C(=O)O)cnn1CC12CC3(C)CC(C)(C1)CC(OCCN(CCC(=O)O)C(=O)OCc1ccc(NC(=O)C(CCCNC(N)=O)NC(=O)C(NC(=O)C(N)CS(=O)(=O)O)C(C)C)cc1)(C3)C2. The number of nitrogens with one attached hydrogen (secondary N) is 5. The molecule has 97 heavy (non-hydrogen) atoms. The van der Waals surface area contributed by atoms with Gasteiger partial charge in [0.1, 0.15) is 30.6 Å². The lowest BCUT2D eigenvalue weighted by Gasteiger charge is -2.69. The Hall–Kier alpha value is -9.10. The van der Waals surface area contributed by atoms with E-state index in [2.05, 4.69) is 45.4 Å². The number of carbonyl (C=O) groups excluding carboxylic acids is 6. The summed E-state index contributed by atoms with van der Waals surface area (Å²) in [6.07, 6.45) is 6.53. The van der Waals surface area contributed by atoms with Gasteiger partial charge in [0, 0.05) is 67.3 Å². The van der Waals surface area contributed by atoms with E-state index in [1.807, 2.05) is 59.0 Å². The van der Waals surface area contributed by atoms with E-state index in [-0.39, 0.29) is 85.6 Å². The average molecular weight is 1370 g/mol. The molecule has 0 spiro atoms. The number of carboxylic acid groups (broad SMARTS) is 2. The van der Waals surface area contributed by atoms with E-state index in [1.54, 1.807) is 56.4 Å². The molecule has 518 valence electrons. The molecule has 11 rings (SSSR count). The number of aliphatic carboxylic acids is 1. The van der Waals surface area contributed by atoms with Crippen molar-refractivity contribution < 1.29 is 71.0 Å². The molecule has 28 nitrogen and oxygen atoms in total. The van der Waals surface area contributed by atoms with Crippen molar-refractivity contribution in [2.24, 2.45) is 33.6 Å². The summed E-state index contributed by atoms with van der Waals surface area (Å²) in [4.78, 5) is 117. The van der Waals surface area contributed by atoms with Crippen LogP contribution in [0.4, 0.5) is 26.2 Å². The second kappa shape index (κ2) is 28.9. The van der Waals surface area contributed by atoms with Crippen molar-refractivity contribution in [3.8, 4) is 11.1 Å². The Bertz CT molecular complexity index is 4070. The lowest BCUT2D eigenvalue weighted by Crippen LogP contribution is -2.64. The van der Waals surface area contributed by atoms with Gasteiger partial charge in [-0.05, 0) is 146 Å². The first kappa shape index (κ1) is 70.7. The number of fused-ring (bicyclic) bond motifs is 2. The van der Waals surface area contributed by atoms with E-state index >= 15 is 0 Å². The van der Waals surface area contributed by atoms with Gasteiger partial charge in [-0.15, -0.1) is 0 Å². The van der Waals surface area contributed by atoms with E-state index < -0.39 is 87.3 Å². The smallest absolute Gasteiger partial charge is 0.410 e. The van der Waals surface area contributed by atoms with Crippen LogP contribution in [0.3, 0.4) is 0 Å². The Labute approximate surface area is 564 Å². The molecule has 30 heteroatoms. The predicted octanol–water partition coefficient (Wildman–Crippen LogP) is 6.85. The summed E-state index contributed by atoms with van der Waals surface area (Å²) < 4.78 is 47.5. The third kappa shape index (κ3) is 17.2. The number of thiazole rings is 1. The second-order valence-corrected chi connectivity index (χ2v) is 29.9. The number of nitrogens with zero attached hydrogens (tertiary/aromatic N) is 6. The summed E-state index contributed by atoms with van der Waals surface area (Å²) in [5.74, 6) is -6.27. The molecule has 5 aliphatic rings. The molecule has 6 aromatic rings. The molecule has 3 aromatic carbocycles. The minimum Gasteiger partial charge on any atom is -0.481 e. The number of primary amides is 1. The number of urea groups is 1. The van der Waals surface area contributed by atoms with Crippen LogP contribution in [0.25, 0.3) is 21.3 Å². The normalized spacial score (nSPS) is 21.1. The quantitative estimate of drug-likeness (QED) is 0.0169. The number of aromatic nitrogens is 4. The summed E-state index contributed by atoms with van der Waals surface area (Å²) >= 11 is 1.40. The van der Waals surface area contributed by atoms with Gasteiger partial charge in [-0.1, -0.05) is 75.4 Å². The van der Waals surface area contributed by atoms with Gasteiger partial charge in [0.15, 0.2) is 10.8 Å². The molecular formula is C67H83N13O15S2. The standard InChI is InChI=1S/C67H83N13O15S2/c1-39(2)54(76-57(84)48(68)31-97(91,92)93)59(86)73-50(13-9-23-70-61(69)89)58(85)72-43-17-15-41(16-18-43)30-94-63(90)78(25-22-53(81)82)26-27-95-67-35-64(4)32-65(5,36-67)34-66(33-64,37-67)38-80-40(3)46(28-71-80)44-19-20-52(75-55(44)60(87)88)79-24-21-42-10-8-11-45(47(42)29-79)56(83)77-62-74-49-12-6-7-14-51(49)96-62/h6-8,10-12,14-20,28,39,48,50,54H,9,13,21-27,29-38,68H2,1-5H3,(H,72,85)(H,73,86)(H,76,84)(H,81,82)(H,87,88)(H3,69,70,89)(H,74,77,83)(H,91,92,93). The zero-order chi connectivity index (χ0) is 69.8. The first-order valence-electron chi connectivity index (χ1n) is 32.2. The van der Waals surface area contributed by atoms with Crippen molar-refractivity contribution in [1.29, 1.82) is 0 Å². The van der Waals surface area contributed by atoms with Gasteiger partial charge in [-0.2, -0.15) is 13.5 Å². The second-order valence-electron chi connectivity index (χ2n) is 27.4. The van der Waals surface area contributed by atoms with Crippen molar-refractivity contribution in [1.82, 2.24) is 40.6 Å². The maximum atomic E-state index is 13.8. The molecule has 4 saturated carbocycles. The Morgan fingerprint density at radius 2 is 1.56 bits per heavy atom. The summed E-state index contributed by atoms with van der Waals surface area (Å²) in [6, 6.07) is 18.2. The number of rotatable bonds is 29. The Kier molecular flexibility index (Phi) is 21.1. The molecule has 7 amide bonds. The van der Waals surface area contributed by atoms with Gasteiger partial charge in [0.25, 0.3) is 16.0 Å². The third-order valence-electron chi connectivity index (χ3n) is 18.8. The summed E-state index contributed by atoms with van der Waals surface area (Å²) in [7, 11) is -4.62. The topological polar surface area (TPSA) is 412 Å². The fourth-order valence-electron chi connectivity index (χ4n) is 15.6. The van der Waals surface area contributed by atoms with Crippen LogP contribution in [-0.2, 0) is 64.9 Å². The molecular weight excluding hydrogens is 1290 g/mol. The molecule has 0 radical (unpaired) electrons. The van der Waals surface area contributed by atoms with Gasteiger partial charge in [-0.3, -0.25) is 38.5 Å². The molecule has 4 bridgehead atoms. The first-order valence-corrected chi connectivity index (χ1v) is 34.6. The Morgan fingerprint density at radius 3 is 2.24 bits per heavy atom.